The molecule has 0 aliphatic rings. The van der Waals surface area contributed by atoms with E-state index in [9.17, 15) is 23.5 Å². The number of phenolic OH excluding ortho intramolecular Hbond substituents is 1. The number of aromatic nitrogens is 1. The van der Waals surface area contributed by atoms with E-state index in [4.69, 9.17) is 5.73 Å². The van der Waals surface area contributed by atoms with Gasteiger partial charge < -0.3 is 10.8 Å². The molecule has 0 radical (unpaired) electrons. The molecular formula is C22H22F2N2O3. The molecule has 0 saturated heterocycles. The Kier molecular flexibility index (Phi) is 5.68. The summed E-state index contributed by atoms with van der Waals surface area (Å²) in [5.41, 5.74) is 7.11. The number of halogens is 2. The summed E-state index contributed by atoms with van der Waals surface area (Å²) in [6.45, 7) is 3.67. The van der Waals surface area contributed by atoms with E-state index in [0.717, 1.165) is 25.0 Å². The molecule has 0 aliphatic carbocycles. The second-order valence-corrected chi connectivity index (χ2v) is 7.07. The SMILES string of the molecule is CCCCC(C(N)=O)c1c(C)n(C(=O)c2ccc(F)c(F)c2)c2ccc(O)cc12. The zero-order chi connectivity index (χ0) is 21.3. The van der Waals surface area contributed by atoms with Crippen LogP contribution in [0.4, 0.5) is 8.78 Å². The van der Waals surface area contributed by atoms with Gasteiger partial charge in [0.15, 0.2) is 11.6 Å². The first-order chi connectivity index (χ1) is 13.8. The fourth-order valence-corrected chi connectivity index (χ4v) is 3.73. The molecule has 1 amide bonds. The highest BCUT2D eigenvalue weighted by Gasteiger charge is 2.28. The van der Waals surface area contributed by atoms with Gasteiger partial charge in [-0.25, -0.2) is 8.78 Å². The highest BCUT2D eigenvalue weighted by Crippen LogP contribution is 2.36. The molecule has 152 valence electrons. The quantitative estimate of drug-likeness (QED) is 0.644. The van der Waals surface area contributed by atoms with Crippen molar-refractivity contribution in [3.05, 3.63) is 64.9 Å². The van der Waals surface area contributed by atoms with Crippen LogP contribution in [0.1, 0.15) is 53.7 Å². The molecule has 1 aromatic heterocycles. The number of hydrogen-bond acceptors (Lipinski definition) is 3. The number of unbranched alkanes of at least 4 members (excludes halogenated alkanes) is 1. The van der Waals surface area contributed by atoms with Gasteiger partial charge in [-0.2, -0.15) is 0 Å². The first-order valence-corrected chi connectivity index (χ1v) is 9.39. The fraction of sp³-hybridized carbons (Fsp3) is 0.273. The number of rotatable bonds is 6. The van der Waals surface area contributed by atoms with Gasteiger partial charge in [-0.1, -0.05) is 19.8 Å². The summed E-state index contributed by atoms with van der Waals surface area (Å²) in [7, 11) is 0. The molecule has 0 spiro atoms. The Morgan fingerprint density at radius 1 is 1.14 bits per heavy atom. The number of aromatic hydroxyl groups is 1. The summed E-state index contributed by atoms with van der Waals surface area (Å²) in [5, 5.41) is 10.5. The van der Waals surface area contributed by atoms with E-state index < -0.39 is 29.4 Å². The van der Waals surface area contributed by atoms with Gasteiger partial charge in [0.25, 0.3) is 5.91 Å². The summed E-state index contributed by atoms with van der Waals surface area (Å²) in [6.07, 6.45) is 2.12. The molecule has 7 heteroatoms. The van der Waals surface area contributed by atoms with Crippen molar-refractivity contribution >= 4 is 22.7 Å². The number of primary amides is 1. The van der Waals surface area contributed by atoms with Crippen LogP contribution in [0.15, 0.2) is 36.4 Å². The maximum atomic E-state index is 13.7. The van der Waals surface area contributed by atoms with Crippen LogP contribution in [0.3, 0.4) is 0 Å². The standard InChI is InChI=1S/C22H22F2N2O3/c1-3-4-5-15(21(25)28)20-12(2)26(19-9-7-14(27)11-16(19)20)22(29)13-6-8-17(23)18(24)10-13/h6-11,15,27H,3-5H2,1-2H3,(H2,25,28). The monoisotopic (exact) mass is 400 g/mol. The van der Waals surface area contributed by atoms with Crippen molar-refractivity contribution in [2.45, 2.75) is 39.0 Å². The van der Waals surface area contributed by atoms with Crippen molar-refractivity contribution in [2.75, 3.05) is 0 Å². The molecule has 29 heavy (non-hydrogen) atoms. The second kappa shape index (κ2) is 8.03. The average molecular weight is 400 g/mol. The lowest BCUT2D eigenvalue weighted by atomic mass is 9.90. The van der Waals surface area contributed by atoms with Crippen molar-refractivity contribution in [1.29, 1.82) is 0 Å². The Labute approximate surface area is 166 Å². The van der Waals surface area contributed by atoms with Crippen LogP contribution >= 0.6 is 0 Å². The minimum atomic E-state index is -1.12. The van der Waals surface area contributed by atoms with E-state index in [-0.39, 0.29) is 11.3 Å². The third kappa shape index (κ3) is 3.72. The van der Waals surface area contributed by atoms with E-state index >= 15 is 0 Å². The normalized spacial score (nSPS) is 12.3. The zero-order valence-electron chi connectivity index (χ0n) is 16.2. The lowest BCUT2D eigenvalue weighted by Gasteiger charge is -2.14. The Hall–Kier alpha value is -3.22. The number of fused-ring (bicyclic) bond motifs is 1. The molecule has 3 rings (SSSR count). The van der Waals surface area contributed by atoms with E-state index in [1.54, 1.807) is 13.0 Å². The summed E-state index contributed by atoms with van der Waals surface area (Å²) < 4.78 is 28.3. The first-order valence-electron chi connectivity index (χ1n) is 9.39. The molecule has 5 nitrogen and oxygen atoms in total. The van der Waals surface area contributed by atoms with Crippen molar-refractivity contribution in [2.24, 2.45) is 5.73 Å². The van der Waals surface area contributed by atoms with Crippen LogP contribution < -0.4 is 5.73 Å². The zero-order valence-corrected chi connectivity index (χ0v) is 16.2. The smallest absolute Gasteiger partial charge is 0.262 e. The van der Waals surface area contributed by atoms with Crippen LogP contribution in [0.2, 0.25) is 0 Å². The number of phenols is 1. The van der Waals surface area contributed by atoms with Gasteiger partial charge >= 0.3 is 0 Å². The third-order valence-electron chi connectivity index (χ3n) is 5.14. The van der Waals surface area contributed by atoms with E-state index in [0.29, 0.717) is 28.6 Å². The third-order valence-corrected chi connectivity index (χ3v) is 5.14. The number of hydrogen-bond donors (Lipinski definition) is 2. The number of nitrogens with two attached hydrogens (primary N) is 1. The van der Waals surface area contributed by atoms with Crippen LogP contribution in [-0.4, -0.2) is 21.5 Å². The van der Waals surface area contributed by atoms with Crippen molar-refractivity contribution in [3.63, 3.8) is 0 Å². The Morgan fingerprint density at radius 2 is 1.86 bits per heavy atom. The van der Waals surface area contributed by atoms with Crippen LogP contribution in [0.5, 0.6) is 5.75 Å². The number of nitrogens with zero attached hydrogens (tertiary/aromatic N) is 1. The van der Waals surface area contributed by atoms with Crippen molar-refractivity contribution in [1.82, 2.24) is 4.57 Å². The predicted molar refractivity (Wildman–Crippen MR) is 106 cm³/mol. The maximum absolute atomic E-state index is 13.7. The van der Waals surface area contributed by atoms with Gasteiger partial charge in [-0.05, 0) is 55.3 Å². The molecule has 3 N–H and O–H groups in total. The molecule has 2 aromatic carbocycles. The van der Waals surface area contributed by atoms with Crippen LogP contribution in [0.25, 0.3) is 10.9 Å². The Balaban J connectivity index is 2.25. The molecule has 1 unspecified atom stereocenters. The molecule has 0 aliphatic heterocycles. The van der Waals surface area contributed by atoms with Gasteiger partial charge in [-0.3, -0.25) is 14.2 Å². The van der Waals surface area contributed by atoms with E-state index in [2.05, 4.69) is 0 Å². The number of carbonyl (C=O) groups is 2. The fourth-order valence-electron chi connectivity index (χ4n) is 3.73. The summed E-state index contributed by atoms with van der Waals surface area (Å²) in [5.74, 6) is -3.92. The molecule has 0 fully saturated rings. The number of amides is 1. The van der Waals surface area contributed by atoms with Gasteiger partial charge in [0, 0.05) is 16.6 Å². The lowest BCUT2D eigenvalue weighted by molar-refractivity contribution is -0.119. The second-order valence-electron chi connectivity index (χ2n) is 7.07. The average Bonchev–Trinajstić information content (AvgIpc) is 2.95. The lowest BCUT2D eigenvalue weighted by Crippen LogP contribution is -2.22. The molecular weight excluding hydrogens is 378 g/mol. The van der Waals surface area contributed by atoms with Crippen LogP contribution in [-0.2, 0) is 4.79 Å². The Bertz CT molecular complexity index is 1110. The van der Waals surface area contributed by atoms with Crippen molar-refractivity contribution < 1.29 is 23.5 Å². The maximum Gasteiger partial charge on any atom is 0.262 e. The highest BCUT2D eigenvalue weighted by molar-refractivity contribution is 6.05. The summed E-state index contributed by atoms with van der Waals surface area (Å²) in [6, 6.07) is 7.39. The molecule has 0 bridgehead atoms. The van der Waals surface area contributed by atoms with Gasteiger partial charge in [0.1, 0.15) is 5.75 Å². The van der Waals surface area contributed by atoms with E-state index in [1.807, 2.05) is 6.92 Å². The van der Waals surface area contributed by atoms with Crippen LogP contribution in [0, 0.1) is 18.6 Å². The highest BCUT2D eigenvalue weighted by atomic mass is 19.2. The van der Waals surface area contributed by atoms with Gasteiger partial charge in [-0.15, -0.1) is 0 Å². The molecule has 0 saturated carbocycles. The number of carbonyl (C=O) groups excluding carboxylic acids is 2. The minimum Gasteiger partial charge on any atom is -0.508 e. The van der Waals surface area contributed by atoms with Gasteiger partial charge in [0.05, 0.1) is 11.4 Å². The van der Waals surface area contributed by atoms with E-state index in [1.165, 1.54) is 22.8 Å². The molecule has 3 aromatic rings. The predicted octanol–water partition coefficient (Wildman–Crippen LogP) is 4.38. The molecule has 1 atom stereocenters. The summed E-state index contributed by atoms with van der Waals surface area (Å²) >= 11 is 0. The topological polar surface area (TPSA) is 85.3 Å². The first kappa shape index (κ1) is 20.5. The summed E-state index contributed by atoms with van der Waals surface area (Å²) in [4.78, 5) is 25.3. The molecule has 1 heterocycles. The van der Waals surface area contributed by atoms with Gasteiger partial charge in [0.2, 0.25) is 5.91 Å². The Morgan fingerprint density at radius 3 is 2.48 bits per heavy atom. The minimum absolute atomic E-state index is 0.0186. The largest absolute Gasteiger partial charge is 0.508 e. The van der Waals surface area contributed by atoms with Crippen molar-refractivity contribution in [3.8, 4) is 5.75 Å². The number of benzene rings is 2.